The zero-order valence-corrected chi connectivity index (χ0v) is 12.1. The van der Waals surface area contributed by atoms with Crippen LogP contribution in [0.4, 0.5) is 15.8 Å². The molecule has 2 unspecified atom stereocenters. The molecule has 21 heavy (non-hydrogen) atoms. The third-order valence-electron chi connectivity index (χ3n) is 4.33. The number of benzene rings is 1. The Morgan fingerprint density at radius 3 is 2.67 bits per heavy atom. The zero-order chi connectivity index (χ0) is 15.4. The first-order valence-corrected chi connectivity index (χ1v) is 7.32. The summed E-state index contributed by atoms with van der Waals surface area (Å²) in [6.07, 6.45) is 4.24. The summed E-state index contributed by atoms with van der Waals surface area (Å²) in [6.45, 7) is 2.30. The molecule has 1 aliphatic rings. The van der Waals surface area contributed by atoms with Gasteiger partial charge in [0.05, 0.1) is 11.0 Å². The molecule has 5 nitrogen and oxygen atoms in total. The van der Waals surface area contributed by atoms with E-state index < -0.39 is 10.7 Å². The van der Waals surface area contributed by atoms with Crippen LogP contribution in [0.5, 0.6) is 0 Å². The van der Waals surface area contributed by atoms with Crippen LogP contribution in [0.2, 0.25) is 0 Å². The molecule has 1 aromatic carbocycles. The smallest absolute Gasteiger partial charge is 0.295 e. The van der Waals surface area contributed by atoms with E-state index in [2.05, 4.69) is 5.32 Å². The molecule has 1 fully saturated rings. The quantitative estimate of drug-likeness (QED) is 0.646. The minimum Gasteiger partial charge on any atom is -0.396 e. The van der Waals surface area contributed by atoms with E-state index in [0.29, 0.717) is 23.7 Å². The summed E-state index contributed by atoms with van der Waals surface area (Å²) in [6, 6.07) is 2.44. The second-order valence-electron chi connectivity index (χ2n) is 5.74. The number of halogens is 1. The number of nitro benzene ring substituents is 1. The Kier molecular flexibility index (Phi) is 5.12. The topological polar surface area (TPSA) is 75.4 Å². The van der Waals surface area contributed by atoms with Gasteiger partial charge in [-0.1, -0.05) is 12.8 Å². The van der Waals surface area contributed by atoms with Crippen molar-refractivity contribution in [3.8, 4) is 0 Å². The summed E-state index contributed by atoms with van der Waals surface area (Å²) in [5.41, 5.74) is 0.487. The monoisotopic (exact) mass is 296 g/mol. The van der Waals surface area contributed by atoms with Gasteiger partial charge in [-0.3, -0.25) is 10.1 Å². The molecule has 6 heteroatoms. The highest BCUT2D eigenvalue weighted by atomic mass is 19.1. The number of aryl methyl sites for hydroxylation is 1. The number of nitro groups is 1. The zero-order valence-electron chi connectivity index (χ0n) is 12.1. The van der Waals surface area contributed by atoms with Crippen molar-refractivity contribution in [2.75, 3.05) is 18.5 Å². The largest absolute Gasteiger partial charge is 0.396 e. The van der Waals surface area contributed by atoms with Crippen molar-refractivity contribution >= 4 is 11.4 Å². The van der Waals surface area contributed by atoms with Crippen LogP contribution in [0.3, 0.4) is 0 Å². The fourth-order valence-corrected chi connectivity index (χ4v) is 3.00. The van der Waals surface area contributed by atoms with E-state index in [9.17, 15) is 19.6 Å². The number of anilines is 1. The van der Waals surface area contributed by atoms with Crippen LogP contribution in [0.15, 0.2) is 12.1 Å². The summed E-state index contributed by atoms with van der Waals surface area (Å²) in [7, 11) is 0. The Morgan fingerprint density at radius 2 is 2.05 bits per heavy atom. The van der Waals surface area contributed by atoms with Crippen LogP contribution in [-0.2, 0) is 0 Å². The van der Waals surface area contributed by atoms with Crippen molar-refractivity contribution in [1.82, 2.24) is 0 Å². The number of aliphatic hydroxyl groups excluding tert-OH is 1. The summed E-state index contributed by atoms with van der Waals surface area (Å²) in [5, 5.41) is 23.5. The number of hydrogen-bond donors (Lipinski definition) is 2. The lowest BCUT2D eigenvalue weighted by Gasteiger charge is -2.30. The summed E-state index contributed by atoms with van der Waals surface area (Å²) in [5.74, 6) is -0.0290. The molecule has 2 rings (SSSR count). The fourth-order valence-electron chi connectivity index (χ4n) is 3.00. The Hall–Kier alpha value is -1.69. The highest BCUT2D eigenvalue weighted by molar-refractivity contribution is 5.63. The van der Waals surface area contributed by atoms with Crippen LogP contribution < -0.4 is 5.32 Å². The molecule has 1 saturated carbocycles. The Bertz CT molecular complexity index is 522. The van der Waals surface area contributed by atoms with Crippen LogP contribution in [-0.4, -0.2) is 23.2 Å². The highest BCUT2D eigenvalue weighted by Crippen LogP contribution is 2.32. The first-order valence-electron chi connectivity index (χ1n) is 7.32. The standard InChI is InChI=1S/C15H21FN2O3/c1-10-6-14(15(18(20)21)7-13(10)16)17-8-11-4-2-3-5-12(11)9-19/h6-7,11-12,17,19H,2-5,8-9H2,1H3. The van der Waals surface area contributed by atoms with Crippen LogP contribution >= 0.6 is 0 Å². The maximum atomic E-state index is 13.5. The Balaban J connectivity index is 2.11. The number of nitrogens with one attached hydrogen (secondary N) is 1. The molecule has 0 bridgehead atoms. The van der Waals surface area contributed by atoms with Gasteiger partial charge in [-0.2, -0.15) is 0 Å². The van der Waals surface area contributed by atoms with E-state index in [0.717, 1.165) is 31.7 Å². The normalized spacial score (nSPS) is 22.0. The van der Waals surface area contributed by atoms with Crippen molar-refractivity contribution in [2.45, 2.75) is 32.6 Å². The number of aliphatic hydroxyl groups is 1. The van der Waals surface area contributed by atoms with Gasteiger partial charge in [0.15, 0.2) is 0 Å². The molecule has 116 valence electrons. The average Bonchev–Trinajstić information content (AvgIpc) is 2.48. The second kappa shape index (κ2) is 6.85. The van der Waals surface area contributed by atoms with Gasteiger partial charge in [-0.15, -0.1) is 0 Å². The Labute approximate surface area is 123 Å². The minimum atomic E-state index is -0.574. The number of rotatable bonds is 5. The SMILES string of the molecule is Cc1cc(NCC2CCCCC2CO)c([N+](=O)[O-])cc1F. The van der Waals surface area contributed by atoms with Gasteiger partial charge in [0.25, 0.3) is 5.69 Å². The first-order chi connectivity index (χ1) is 10.0. The van der Waals surface area contributed by atoms with Gasteiger partial charge in [0, 0.05) is 13.2 Å². The molecule has 2 atom stereocenters. The van der Waals surface area contributed by atoms with E-state index in [1.807, 2.05) is 0 Å². The maximum Gasteiger partial charge on any atom is 0.295 e. The Morgan fingerprint density at radius 1 is 1.38 bits per heavy atom. The predicted octanol–water partition coefficient (Wildman–Crippen LogP) is 3.25. The second-order valence-corrected chi connectivity index (χ2v) is 5.74. The lowest BCUT2D eigenvalue weighted by Crippen LogP contribution is -2.28. The van der Waals surface area contributed by atoms with E-state index in [1.165, 1.54) is 6.07 Å². The fraction of sp³-hybridized carbons (Fsp3) is 0.600. The van der Waals surface area contributed by atoms with Gasteiger partial charge >= 0.3 is 0 Å². The van der Waals surface area contributed by atoms with Gasteiger partial charge in [0.1, 0.15) is 11.5 Å². The summed E-state index contributed by atoms with van der Waals surface area (Å²) >= 11 is 0. The van der Waals surface area contributed by atoms with Crippen LogP contribution in [0.25, 0.3) is 0 Å². The molecule has 0 spiro atoms. The van der Waals surface area contributed by atoms with Crippen LogP contribution in [0, 0.1) is 34.7 Å². The molecule has 0 heterocycles. The van der Waals surface area contributed by atoms with Gasteiger partial charge in [-0.05, 0) is 43.2 Å². The van der Waals surface area contributed by atoms with Gasteiger partial charge < -0.3 is 10.4 Å². The molecule has 1 aromatic rings. The molecule has 0 saturated heterocycles. The lowest BCUT2D eigenvalue weighted by molar-refractivity contribution is -0.384. The van der Waals surface area contributed by atoms with Crippen molar-refractivity contribution in [3.63, 3.8) is 0 Å². The molecule has 0 aliphatic heterocycles. The van der Waals surface area contributed by atoms with Crippen molar-refractivity contribution in [2.24, 2.45) is 11.8 Å². The van der Waals surface area contributed by atoms with Crippen molar-refractivity contribution in [1.29, 1.82) is 0 Å². The summed E-state index contributed by atoms with van der Waals surface area (Å²) < 4.78 is 13.5. The maximum absolute atomic E-state index is 13.5. The molecule has 0 amide bonds. The average molecular weight is 296 g/mol. The number of nitrogens with zero attached hydrogens (tertiary/aromatic N) is 1. The summed E-state index contributed by atoms with van der Waals surface area (Å²) in [4.78, 5) is 10.4. The van der Waals surface area contributed by atoms with Crippen LogP contribution in [0.1, 0.15) is 31.2 Å². The third kappa shape index (κ3) is 3.69. The first kappa shape index (κ1) is 15.7. The molecule has 1 aliphatic carbocycles. The molecular formula is C15H21FN2O3. The minimum absolute atomic E-state index is 0.150. The van der Waals surface area contributed by atoms with E-state index in [1.54, 1.807) is 6.92 Å². The molecule has 0 aromatic heterocycles. The molecular weight excluding hydrogens is 275 g/mol. The van der Waals surface area contributed by atoms with Crippen molar-refractivity contribution in [3.05, 3.63) is 33.6 Å². The third-order valence-corrected chi connectivity index (χ3v) is 4.33. The van der Waals surface area contributed by atoms with E-state index in [-0.39, 0.29) is 18.2 Å². The molecule has 0 radical (unpaired) electrons. The highest BCUT2D eigenvalue weighted by Gasteiger charge is 2.25. The van der Waals surface area contributed by atoms with E-state index >= 15 is 0 Å². The van der Waals surface area contributed by atoms with Gasteiger partial charge in [-0.25, -0.2) is 4.39 Å². The molecule has 2 N–H and O–H groups in total. The lowest BCUT2D eigenvalue weighted by atomic mass is 9.79. The predicted molar refractivity (Wildman–Crippen MR) is 78.8 cm³/mol. The van der Waals surface area contributed by atoms with E-state index in [4.69, 9.17) is 0 Å². The van der Waals surface area contributed by atoms with Gasteiger partial charge in [0.2, 0.25) is 0 Å². The number of hydrogen-bond acceptors (Lipinski definition) is 4. The van der Waals surface area contributed by atoms with Crippen molar-refractivity contribution < 1.29 is 14.4 Å².